The van der Waals surface area contributed by atoms with Gasteiger partial charge in [-0.15, -0.1) is 0 Å². The van der Waals surface area contributed by atoms with Gasteiger partial charge in [-0.25, -0.2) is 13.3 Å². The first-order valence-electron chi connectivity index (χ1n) is 7.53. The summed E-state index contributed by atoms with van der Waals surface area (Å²) in [4.78, 5) is 35.3. The van der Waals surface area contributed by atoms with E-state index < -0.39 is 37.3 Å². The molecule has 1 aliphatic heterocycles. The zero-order valence-corrected chi connectivity index (χ0v) is 14.5. The Morgan fingerprint density at radius 3 is 2.88 bits per heavy atom. The molecule has 0 spiro atoms. The van der Waals surface area contributed by atoms with Gasteiger partial charge in [-0.2, -0.15) is 4.98 Å². The van der Waals surface area contributed by atoms with Gasteiger partial charge in [-0.1, -0.05) is 0 Å². The van der Waals surface area contributed by atoms with Crippen LogP contribution in [-0.2, 0) is 20.4 Å². The number of hydrogen-bond acceptors (Lipinski definition) is 6. The zero-order valence-electron chi connectivity index (χ0n) is 13.6. The molecular formula is C13H17F2N4O6P. The summed E-state index contributed by atoms with van der Waals surface area (Å²) in [5.41, 5.74) is 3.58. The number of anilines is 1. The first kappa shape index (κ1) is 18.9. The third kappa shape index (κ3) is 3.79. The van der Waals surface area contributed by atoms with Crippen molar-refractivity contribution in [3.8, 4) is 0 Å². The van der Waals surface area contributed by atoms with Gasteiger partial charge in [0.25, 0.3) is 5.56 Å². The number of alkyl halides is 1. The van der Waals surface area contributed by atoms with Gasteiger partial charge in [0, 0.05) is 12.6 Å². The van der Waals surface area contributed by atoms with Gasteiger partial charge in [0.05, 0.1) is 12.1 Å². The average molecular weight is 394 g/mol. The van der Waals surface area contributed by atoms with E-state index in [2.05, 4.69) is 14.5 Å². The largest absolute Gasteiger partial charge is 0.469 e. The third-order valence-electron chi connectivity index (χ3n) is 4.11. The zero-order chi connectivity index (χ0) is 19.3. The molecule has 0 saturated carbocycles. The minimum Gasteiger partial charge on any atom is -0.369 e. The van der Waals surface area contributed by atoms with E-state index >= 15 is 0 Å². The van der Waals surface area contributed by atoms with E-state index in [4.69, 9.17) is 20.3 Å². The standard InChI is InChI=1S/C13H17F2N4O6P/c1-12(2-3-13(15,25-12)6-24-26(21,22)23)5-19-4-7(14)8-9(19)17-11(16)18-10(8)20/h4H,2-3,5-6H2,1H3,(H2,21,22,23)(H3,16,17,18,20)/t12-,13+/m1/s1. The molecule has 13 heteroatoms. The number of aromatic amines is 1. The Labute approximate surface area is 145 Å². The highest BCUT2D eigenvalue weighted by Gasteiger charge is 2.49. The van der Waals surface area contributed by atoms with Crippen LogP contribution in [0.5, 0.6) is 0 Å². The Morgan fingerprint density at radius 1 is 1.54 bits per heavy atom. The SMILES string of the molecule is C[C@]1(Cn2cc(F)c3c(=O)[nH]c(N)nc32)CC[C@@](F)(COP(=O)(O)O)O1. The second-order valence-corrected chi connectivity index (χ2v) is 7.69. The smallest absolute Gasteiger partial charge is 0.369 e. The van der Waals surface area contributed by atoms with Crippen molar-refractivity contribution in [1.29, 1.82) is 0 Å². The van der Waals surface area contributed by atoms with Crippen LogP contribution in [0.25, 0.3) is 11.0 Å². The number of phosphoric acid groups is 1. The molecule has 1 saturated heterocycles. The Balaban J connectivity index is 1.85. The van der Waals surface area contributed by atoms with Crippen LogP contribution < -0.4 is 11.3 Å². The summed E-state index contributed by atoms with van der Waals surface area (Å²) in [6.07, 6.45) is 1.01. The lowest BCUT2D eigenvalue weighted by Crippen LogP contribution is -2.36. The van der Waals surface area contributed by atoms with Gasteiger partial charge in [-0.3, -0.25) is 14.3 Å². The number of ether oxygens (including phenoxy) is 1. The van der Waals surface area contributed by atoms with Gasteiger partial charge < -0.3 is 24.8 Å². The van der Waals surface area contributed by atoms with Crippen LogP contribution in [0.15, 0.2) is 11.0 Å². The van der Waals surface area contributed by atoms with Crippen LogP contribution in [-0.4, -0.2) is 42.4 Å². The first-order chi connectivity index (χ1) is 11.9. The molecule has 0 radical (unpaired) electrons. The van der Waals surface area contributed by atoms with E-state index in [1.807, 2.05) is 0 Å². The molecule has 0 unspecified atom stereocenters. The number of fused-ring (bicyclic) bond motifs is 1. The number of nitrogens with one attached hydrogen (secondary N) is 1. The van der Waals surface area contributed by atoms with Gasteiger partial charge in [-0.05, 0) is 13.3 Å². The summed E-state index contributed by atoms with van der Waals surface area (Å²) in [5, 5.41) is -0.280. The van der Waals surface area contributed by atoms with Gasteiger partial charge in [0.1, 0.15) is 12.0 Å². The fourth-order valence-electron chi connectivity index (χ4n) is 3.03. The summed E-state index contributed by atoms with van der Waals surface area (Å²) in [5.74, 6) is -3.41. The Kier molecular flexibility index (Phi) is 4.44. The van der Waals surface area contributed by atoms with E-state index in [0.717, 1.165) is 6.20 Å². The molecule has 0 aromatic carbocycles. The van der Waals surface area contributed by atoms with E-state index in [9.17, 15) is 18.1 Å². The van der Waals surface area contributed by atoms with E-state index in [1.54, 1.807) is 6.92 Å². The number of hydrogen-bond donors (Lipinski definition) is 4. The number of phosphoric ester groups is 1. The van der Waals surface area contributed by atoms with Crippen LogP contribution in [0.1, 0.15) is 19.8 Å². The number of nitrogens with zero attached hydrogens (tertiary/aromatic N) is 2. The average Bonchev–Trinajstić information content (AvgIpc) is 2.95. The van der Waals surface area contributed by atoms with Crippen molar-refractivity contribution in [2.75, 3.05) is 12.3 Å². The van der Waals surface area contributed by atoms with Crippen molar-refractivity contribution < 1.29 is 32.4 Å². The van der Waals surface area contributed by atoms with Crippen LogP contribution in [0.3, 0.4) is 0 Å². The van der Waals surface area contributed by atoms with Crippen molar-refractivity contribution in [3.05, 3.63) is 22.4 Å². The van der Waals surface area contributed by atoms with Crippen LogP contribution in [0.2, 0.25) is 0 Å². The van der Waals surface area contributed by atoms with Crippen molar-refractivity contribution in [1.82, 2.24) is 14.5 Å². The van der Waals surface area contributed by atoms with Gasteiger partial charge in [0.15, 0.2) is 11.5 Å². The Hall–Kier alpha value is -1.85. The Morgan fingerprint density at radius 2 is 2.23 bits per heavy atom. The maximum Gasteiger partial charge on any atom is 0.469 e. The molecule has 1 fully saturated rings. The number of nitrogen functional groups attached to an aromatic ring is 1. The topological polar surface area (TPSA) is 153 Å². The van der Waals surface area contributed by atoms with E-state index in [0.29, 0.717) is 0 Å². The molecule has 0 bridgehead atoms. The predicted octanol–water partition coefficient (Wildman–Crippen LogP) is 0.790. The number of aromatic nitrogens is 3. The van der Waals surface area contributed by atoms with Crippen LogP contribution in [0, 0.1) is 5.82 Å². The van der Waals surface area contributed by atoms with Crippen molar-refractivity contribution in [3.63, 3.8) is 0 Å². The summed E-state index contributed by atoms with van der Waals surface area (Å²) in [7, 11) is -4.85. The lowest BCUT2D eigenvalue weighted by atomic mass is 10.0. The molecule has 144 valence electrons. The number of nitrogens with two attached hydrogens (primary N) is 1. The second kappa shape index (κ2) is 6.10. The lowest BCUT2D eigenvalue weighted by Gasteiger charge is -2.28. The minimum absolute atomic E-state index is 0.0172. The molecule has 2 aromatic heterocycles. The molecule has 26 heavy (non-hydrogen) atoms. The van der Waals surface area contributed by atoms with Crippen molar-refractivity contribution in [2.24, 2.45) is 0 Å². The quantitative estimate of drug-likeness (QED) is 0.543. The highest BCUT2D eigenvalue weighted by atomic mass is 31.2. The minimum atomic E-state index is -4.85. The van der Waals surface area contributed by atoms with Crippen LogP contribution >= 0.6 is 7.82 Å². The predicted molar refractivity (Wildman–Crippen MR) is 85.3 cm³/mol. The molecule has 2 aromatic rings. The maximum absolute atomic E-state index is 14.6. The normalized spacial score (nSPS) is 26.7. The summed E-state index contributed by atoms with van der Waals surface area (Å²) >= 11 is 0. The molecule has 3 rings (SSSR count). The molecule has 1 aliphatic rings. The third-order valence-corrected chi connectivity index (χ3v) is 4.57. The number of H-pyrrole nitrogens is 1. The maximum atomic E-state index is 14.6. The fraction of sp³-hybridized carbons (Fsp3) is 0.538. The van der Waals surface area contributed by atoms with Gasteiger partial charge in [0.2, 0.25) is 11.8 Å². The summed E-state index contributed by atoms with van der Waals surface area (Å²) in [6.45, 7) is 0.537. The fourth-order valence-corrected chi connectivity index (χ4v) is 3.39. The monoisotopic (exact) mass is 394 g/mol. The number of rotatable bonds is 5. The number of halogens is 2. The summed E-state index contributed by atoms with van der Waals surface area (Å²) in [6, 6.07) is 0. The van der Waals surface area contributed by atoms with Crippen LogP contribution in [0.4, 0.5) is 14.7 Å². The highest BCUT2D eigenvalue weighted by molar-refractivity contribution is 7.46. The Bertz CT molecular complexity index is 958. The first-order valence-corrected chi connectivity index (χ1v) is 9.06. The highest BCUT2D eigenvalue weighted by Crippen LogP contribution is 2.44. The molecule has 10 nitrogen and oxygen atoms in total. The molecule has 0 amide bonds. The van der Waals surface area contributed by atoms with E-state index in [-0.39, 0.29) is 36.4 Å². The summed E-state index contributed by atoms with van der Waals surface area (Å²) < 4.78 is 50.2. The second-order valence-electron chi connectivity index (χ2n) is 6.45. The molecule has 2 atom stereocenters. The van der Waals surface area contributed by atoms with Crippen molar-refractivity contribution in [2.45, 2.75) is 37.8 Å². The molecular weight excluding hydrogens is 377 g/mol. The van der Waals surface area contributed by atoms with Crippen molar-refractivity contribution >= 4 is 24.8 Å². The molecule has 0 aliphatic carbocycles. The lowest BCUT2D eigenvalue weighted by molar-refractivity contribution is -0.191. The molecule has 3 heterocycles. The molecule has 5 N–H and O–H groups in total. The van der Waals surface area contributed by atoms with E-state index in [1.165, 1.54) is 4.57 Å². The van der Waals surface area contributed by atoms with Gasteiger partial charge >= 0.3 is 7.82 Å².